The van der Waals surface area contributed by atoms with Gasteiger partial charge in [-0.3, -0.25) is 4.79 Å². The lowest BCUT2D eigenvalue weighted by atomic mass is 9.98. The lowest BCUT2D eigenvalue weighted by molar-refractivity contribution is -0.160. The number of sulfone groups is 1. The van der Waals surface area contributed by atoms with Gasteiger partial charge in [0.05, 0.1) is 0 Å². The van der Waals surface area contributed by atoms with E-state index in [0.717, 1.165) is 4.90 Å². The van der Waals surface area contributed by atoms with Crippen LogP contribution >= 0.6 is 62.3 Å². The van der Waals surface area contributed by atoms with Crippen molar-refractivity contribution in [3.63, 3.8) is 0 Å². The van der Waals surface area contributed by atoms with Crippen molar-refractivity contribution in [2.24, 2.45) is 0 Å². The Morgan fingerprint density at radius 2 is 2.00 bits per heavy atom. The molecule has 2 heterocycles. The van der Waals surface area contributed by atoms with E-state index < -0.39 is 53.1 Å². The van der Waals surface area contributed by atoms with Crippen molar-refractivity contribution in [3.8, 4) is 0 Å². The largest absolute Gasteiger partial charge is 0.460 e. The third-order valence-corrected chi connectivity index (χ3v) is 8.79. The van der Waals surface area contributed by atoms with E-state index in [1.165, 1.54) is 6.92 Å². The zero-order valence-corrected chi connectivity index (χ0v) is 16.4. The smallest absolute Gasteiger partial charge is 0.330 e. The van der Waals surface area contributed by atoms with E-state index in [0.29, 0.717) is 0 Å². The minimum absolute atomic E-state index is 0.386. The Hall–Kier alpha value is 0.530. The lowest BCUT2D eigenvalue weighted by Crippen LogP contribution is -2.64. The number of hydrogen-bond acceptors (Lipinski definition) is 5. The maximum atomic E-state index is 12.6. The monoisotopic (exact) mass is 475 g/mol. The number of rotatable bonds is 3. The van der Waals surface area contributed by atoms with Gasteiger partial charge < -0.3 is 9.64 Å². The minimum Gasteiger partial charge on any atom is -0.460 e. The maximum Gasteiger partial charge on any atom is 0.330 e. The molecule has 0 saturated carbocycles. The van der Waals surface area contributed by atoms with Gasteiger partial charge in [0.2, 0.25) is 9.70 Å². The van der Waals surface area contributed by atoms with Crippen molar-refractivity contribution in [2.75, 3.05) is 12.5 Å². The van der Waals surface area contributed by atoms with Crippen LogP contribution in [0.3, 0.4) is 0 Å². The van der Waals surface area contributed by atoms with Crippen LogP contribution in [-0.2, 0) is 24.2 Å². The molecular formula is C10H10BrCl4NO5S. The highest BCUT2D eigenvalue weighted by molar-refractivity contribution is 9.10. The number of halogens is 5. The molecular weight excluding hydrogens is 468 g/mol. The predicted molar refractivity (Wildman–Crippen MR) is 86.4 cm³/mol. The molecule has 2 aliphatic heterocycles. The third-order valence-electron chi connectivity index (χ3n) is 3.71. The van der Waals surface area contributed by atoms with Crippen molar-refractivity contribution < 1.29 is 22.7 Å². The highest BCUT2D eigenvalue weighted by atomic mass is 79.9. The summed E-state index contributed by atoms with van der Waals surface area (Å²) in [4.78, 5) is 24.2. The van der Waals surface area contributed by atoms with Crippen LogP contribution in [0.5, 0.6) is 0 Å². The molecule has 6 nitrogen and oxygen atoms in total. The van der Waals surface area contributed by atoms with Crippen LogP contribution in [0.2, 0.25) is 0 Å². The SMILES string of the molecule is C[C@]1(CCl)C(C(=O)OCC(Cl)(Cl)Cl)N2C(=O)[C@H](Br)[C@@H]2S1(=O)=O. The summed E-state index contributed by atoms with van der Waals surface area (Å²) < 4.78 is 26.5. The highest BCUT2D eigenvalue weighted by Gasteiger charge is 2.73. The molecule has 2 fully saturated rings. The third kappa shape index (κ3) is 2.63. The number of alkyl halides is 5. The fourth-order valence-corrected chi connectivity index (χ4v) is 6.79. The fraction of sp³-hybridized carbons (Fsp3) is 0.800. The predicted octanol–water partition coefficient (Wildman–Crippen LogP) is 1.63. The van der Waals surface area contributed by atoms with E-state index in [4.69, 9.17) is 51.1 Å². The number of β-lactam (4-membered cyclic amide) rings is 1. The van der Waals surface area contributed by atoms with Gasteiger partial charge >= 0.3 is 5.97 Å². The zero-order valence-electron chi connectivity index (χ0n) is 10.9. The first-order chi connectivity index (χ1) is 9.88. The molecule has 0 aromatic rings. The number of hydrogen-bond donors (Lipinski definition) is 0. The van der Waals surface area contributed by atoms with Gasteiger partial charge in [0.15, 0.2) is 21.3 Å². The summed E-state index contributed by atoms with van der Waals surface area (Å²) in [7, 11) is -3.88. The lowest BCUT2D eigenvalue weighted by Gasteiger charge is -2.40. The van der Waals surface area contributed by atoms with E-state index in [1.807, 2.05) is 0 Å². The summed E-state index contributed by atoms with van der Waals surface area (Å²) >= 11 is 25.3. The molecule has 2 aliphatic rings. The normalized spacial score (nSPS) is 36.7. The molecule has 126 valence electrons. The molecule has 0 aliphatic carbocycles. The molecule has 0 bridgehead atoms. The van der Waals surface area contributed by atoms with E-state index >= 15 is 0 Å². The Morgan fingerprint density at radius 3 is 2.45 bits per heavy atom. The standard InChI is InChI=1S/C10H10BrCl4NO5S/c1-9(2-12)5(8(18)21-3-10(13,14)15)16-6(17)4(11)7(16)22(9,19)20/h4-5,7H,2-3H2,1H3/t4-,5?,7-,9-/m0/s1. The van der Waals surface area contributed by atoms with Gasteiger partial charge in [0.1, 0.15) is 16.2 Å². The van der Waals surface area contributed by atoms with Crippen molar-refractivity contribution >= 4 is 84.0 Å². The summed E-state index contributed by atoms with van der Waals surface area (Å²) in [6.07, 6.45) is 0. The van der Waals surface area contributed by atoms with E-state index in [-0.39, 0.29) is 5.88 Å². The van der Waals surface area contributed by atoms with Gasteiger partial charge in [0.25, 0.3) is 0 Å². The maximum absolute atomic E-state index is 12.6. The molecule has 0 aromatic heterocycles. The van der Waals surface area contributed by atoms with E-state index in [9.17, 15) is 18.0 Å². The number of esters is 1. The molecule has 1 amide bonds. The number of amides is 1. The molecule has 12 heteroatoms. The van der Waals surface area contributed by atoms with Crippen LogP contribution in [-0.4, -0.2) is 62.5 Å². The molecule has 0 aromatic carbocycles. The van der Waals surface area contributed by atoms with Crippen molar-refractivity contribution in [1.82, 2.24) is 4.90 Å². The van der Waals surface area contributed by atoms with Gasteiger partial charge in [-0.1, -0.05) is 50.7 Å². The minimum atomic E-state index is -3.88. The Bertz CT molecular complexity index is 623. The molecule has 1 unspecified atom stereocenters. The number of nitrogens with zero attached hydrogens (tertiary/aromatic N) is 1. The molecule has 0 N–H and O–H groups in total. The average molecular weight is 478 g/mol. The van der Waals surface area contributed by atoms with Gasteiger partial charge in [-0.15, -0.1) is 11.6 Å². The first-order valence-electron chi connectivity index (χ1n) is 5.87. The van der Waals surface area contributed by atoms with Crippen molar-refractivity contribution in [1.29, 1.82) is 0 Å². The van der Waals surface area contributed by atoms with Crippen LogP contribution in [0.15, 0.2) is 0 Å². The van der Waals surface area contributed by atoms with E-state index in [1.54, 1.807) is 0 Å². The molecule has 2 saturated heterocycles. The summed E-state index contributed by atoms with van der Waals surface area (Å²) in [6, 6.07) is -1.38. The zero-order chi connectivity index (χ0) is 17.1. The van der Waals surface area contributed by atoms with Crippen LogP contribution < -0.4 is 0 Å². The summed E-state index contributed by atoms with van der Waals surface area (Å²) in [6.45, 7) is 0.720. The fourth-order valence-electron chi connectivity index (χ4n) is 2.50. The van der Waals surface area contributed by atoms with Crippen molar-refractivity contribution in [2.45, 2.75) is 31.7 Å². The number of carbonyl (C=O) groups is 2. The molecule has 0 radical (unpaired) electrons. The molecule has 2 rings (SSSR count). The Labute approximate surface area is 155 Å². The molecule has 0 spiro atoms. The number of ether oxygens (including phenoxy) is 1. The van der Waals surface area contributed by atoms with Gasteiger partial charge in [0, 0.05) is 5.88 Å². The first kappa shape index (κ1) is 18.9. The van der Waals surface area contributed by atoms with Crippen molar-refractivity contribution in [3.05, 3.63) is 0 Å². The van der Waals surface area contributed by atoms with Crippen LogP contribution in [0.4, 0.5) is 0 Å². The molecule has 4 atom stereocenters. The second-order valence-electron chi connectivity index (χ2n) is 5.15. The second kappa shape index (κ2) is 5.81. The summed E-state index contributed by atoms with van der Waals surface area (Å²) in [5.41, 5.74) is 0. The Morgan fingerprint density at radius 1 is 1.45 bits per heavy atom. The van der Waals surface area contributed by atoms with Crippen LogP contribution in [0.1, 0.15) is 6.92 Å². The average Bonchev–Trinajstić information content (AvgIpc) is 2.58. The number of carbonyl (C=O) groups excluding carboxylic acids is 2. The summed E-state index contributed by atoms with van der Waals surface area (Å²) in [5.74, 6) is -1.89. The summed E-state index contributed by atoms with van der Waals surface area (Å²) in [5, 5.41) is -1.16. The Balaban J connectivity index is 2.36. The quantitative estimate of drug-likeness (QED) is 0.350. The first-order valence-corrected chi connectivity index (χ1v) is 10.0. The van der Waals surface area contributed by atoms with Gasteiger partial charge in [-0.25, -0.2) is 13.2 Å². The molecule has 22 heavy (non-hydrogen) atoms. The Kier molecular flexibility index (Phi) is 4.98. The van der Waals surface area contributed by atoms with Gasteiger partial charge in [-0.2, -0.15) is 0 Å². The van der Waals surface area contributed by atoms with Crippen LogP contribution in [0, 0.1) is 0 Å². The highest BCUT2D eigenvalue weighted by Crippen LogP contribution is 2.49. The van der Waals surface area contributed by atoms with Gasteiger partial charge in [-0.05, 0) is 6.92 Å². The van der Waals surface area contributed by atoms with E-state index in [2.05, 4.69) is 15.9 Å². The second-order valence-corrected chi connectivity index (χ2v) is 11.4. The van der Waals surface area contributed by atoms with Crippen LogP contribution in [0.25, 0.3) is 0 Å². The topological polar surface area (TPSA) is 80.8 Å². The number of fused-ring (bicyclic) bond motifs is 1.